The van der Waals surface area contributed by atoms with E-state index in [0.29, 0.717) is 0 Å². The van der Waals surface area contributed by atoms with Gasteiger partial charge in [0.15, 0.2) is 0 Å². The first kappa shape index (κ1) is 7.68. The second-order valence-corrected chi connectivity index (χ2v) is 2.43. The fourth-order valence-electron chi connectivity index (χ4n) is 0.724. The lowest BCUT2D eigenvalue weighted by Gasteiger charge is -2.04. The zero-order chi connectivity index (χ0) is 8.10. The molecule has 56 valence electrons. The highest BCUT2D eigenvalue weighted by Gasteiger charge is 1.86. The maximum atomic E-state index is 3.77. The van der Waals surface area contributed by atoms with Gasteiger partial charge >= 0.3 is 0 Å². The zero-order valence-corrected chi connectivity index (χ0v) is 6.67. The third-order valence-corrected chi connectivity index (χ3v) is 1.33. The van der Waals surface area contributed by atoms with Gasteiger partial charge in [0.2, 0.25) is 0 Å². The van der Waals surface area contributed by atoms with E-state index in [9.17, 15) is 0 Å². The van der Waals surface area contributed by atoms with Gasteiger partial charge in [0, 0.05) is 25.2 Å². The number of nitrogens with zero attached hydrogens (tertiary/aromatic N) is 1. The van der Waals surface area contributed by atoms with Crippen molar-refractivity contribution in [3.63, 3.8) is 0 Å². The zero-order valence-electron chi connectivity index (χ0n) is 6.67. The van der Waals surface area contributed by atoms with E-state index in [1.54, 1.807) is 0 Å². The van der Waals surface area contributed by atoms with Crippen molar-refractivity contribution in [3.8, 4) is 12.0 Å². The van der Waals surface area contributed by atoms with E-state index in [-0.39, 0.29) is 0 Å². The first-order valence-electron chi connectivity index (χ1n) is 3.54. The average molecular weight is 145 g/mol. The topological polar surface area (TPSA) is 3.24 Å². The van der Waals surface area contributed by atoms with Crippen molar-refractivity contribution in [1.29, 1.82) is 0 Å². The van der Waals surface area contributed by atoms with Crippen LogP contribution in [0.4, 0.5) is 0 Å². The number of rotatable bonds is 0. The monoisotopic (exact) mass is 145 g/mol. The van der Waals surface area contributed by atoms with Gasteiger partial charge in [-0.25, -0.2) is 0 Å². The first-order chi connectivity index (χ1) is 5.29. The molecule has 11 heavy (non-hydrogen) atoms. The third kappa shape index (κ3) is 2.77. The Kier molecular flexibility index (Phi) is 2.57. The number of likely N-dealkylation sites (N-methyl/N-ethyl adjacent to an activating group) is 1. The lowest BCUT2D eigenvalue weighted by molar-refractivity contribution is 0.540. The molecule has 0 amide bonds. The summed E-state index contributed by atoms with van der Waals surface area (Å²) in [4.78, 5) is 1.93. The van der Waals surface area contributed by atoms with Gasteiger partial charge in [-0.1, -0.05) is 24.8 Å². The van der Waals surface area contributed by atoms with Crippen LogP contribution in [0.25, 0.3) is 0 Å². The molecule has 0 bridgehead atoms. The molecule has 0 radical (unpaired) electrons. The molecule has 0 aromatic heterocycles. The Labute approximate surface area is 67.7 Å². The van der Waals surface area contributed by atoms with Crippen LogP contribution in [0.2, 0.25) is 0 Å². The van der Waals surface area contributed by atoms with Crippen LogP contribution in [0.3, 0.4) is 0 Å². The summed E-state index contributed by atoms with van der Waals surface area (Å²) in [5.41, 5.74) is 0.850. The standard InChI is InChI=1S/C10H11N/c1-10-6-4-3-5-8-11(2)9-7-10/h3-6H,1,8H2,2H3/b5-3-,6-4-. The summed E-state index contributed by atoms with van der Waals surface area (Å²) < 4.78 is 0. The first-order valence-corrected chi connectivity index (χ1v) is 3.54. The van der Waals surface area contributed by atoms with Crippen LogP contribution < -0.4 is 0 Å². The smallest absolute Gasteiger partial charge is 0.0441 e. The molecule has 0 saturated heterocycles. The van der Waals surface area contributed by atoms with Crippen molar-refractivity contribution in [1.82, 2.24) is 4.90 Å². The maximum absolute atomic E-state index is 3.77. The summed E-state index contributed by atoms with van der Waals surface area (Å²) in [5.74, 6) is 2.93. The highest BCUT2D eigenvalue weighted by Crippen LogP contribution is 1.93. The summed E-state index contributed by atoms with van der Waals surface area (Å²) in [6.07, 6.45) is 7.92. The Morgan fingerprint density at radius 2 is 2.36 bits per heavy atom. The Balaban J connectivity index is 2.78. The van der Waals surface area contributed by atoms with E-state index in [1.165, 1.54) is 0 Å². The molecule has 0 atom stereocenters. The van der Waals surface area contributed by atoms with Gasteiger partial charge in [-0.2, -0.15) is 0 Å². The summed E-state index contributed by atoms with van der Waals surface area (Å²) in [6.45, 7) is 4.64. The lowest BCUT2D eigenvalue weighted by atomic mass is 10.3. The normalized spacial score (nSPS) is 22.3. The van der Waals surface area contributed by atoms with Crippen molar-refractivity contribution in [2.75, 3.05) is 13.6 Å². The predicted octanol–water partition coefficient (Wildman–Crippen LogP) is 1.56. The molecule has 1 nitrogen and oxygen atoms in total. The largest absolute Gasteiger partial charge is 0.332 e. The van der Waals surface area contributed by atoms with Crippen LogP contribution in [0, 0.1) is 12.0 Å². The molecule has 0 aromatic rings. The van der Waals surface area contributed by atoms with Gasteiger partial charge in [-0.15, -0.1) is 0 Å². The average Bonchev–Trinajstić information content (AvgIpc) is 2.06. The fraction of sp³-hybridized carbons (Fsp3) is 0.200. The highest BCUT2D eigenvalue weighted by molar-refractivity contribution is 5.37. The van der Waals surface area contributed by atoms with Crippen molar-refractivity contribution in [3.05, 3.63) is 36.5 Å². The molecule has 0 fully saturated rings. The minimum atomic E-state index is 0.850. The summed E-state index contributed by atoms with van der Waals surface area (Å²) in [7, 11) is 1.95. The van der Waals surface area contributed by atoms with Crippen LogP contribution in [0.1, 0.15) is 0 Å². The molecule has 1 heterocycles. The van der Waals surface area contributed by atoms with Gasteiger partial charge in [-0.05, 0) is 12.0 Å². The minimum Gasteiger partial charge on any atom is -0.332 e. The van der Waals surface area contributed by atoms with Crippen LogP contribution in [-0.4, -0.2) is 18.5 Å². The molecular weight excluding hydrogens is 134 g/mol. The van der Waals surface area contributed by atoms with Gasteiger partial charge in [-0.3, -0.25) is 0 Å². The summed E-state index contributed by atoms with van der Waals surface area (Å²) in [6, 6.07) is 2.96. The molecule has 0 aromatic carbocycles. The highest BCUT2D eigenvalue weighted by atomic mass is 15.1. The molecule has 1 aliphatic rings. The van der Waals surface area contributed by atoms with Crippen molar-refractivity contribution in [2.24, 2.45) is 0 Å². The van der Waals surface area contributed by atoms with Gasteiger partial charge in [0.25, 0.3) is 0 Å². The van der Waals surface area contributed by atoms with E-state index in [4.69, 9.17) is 0 Å². The Hall–Kier alpha value is -1.42. The molecule has 1 heteroatoms. The van der Waals surface area contributed by atoms with Gasteiger partial charge in [0.1, 0.15) is 0 Å². The van der Waals surface area contributed by atoms with Crippen molar-refractivity contribution < 1.29 is 0 Å². The molecule has 1 rings (SSSR count). The lowest BCUT2D eigenvalue weighted by Crippen LogP contribution is -2.10. The second kappa shape index (κ2) is 3.68. The number of hydrogen-bond donors (Lipinski definition) is 0. The molecule has 0 N–H and O–H groups in total. The van der Waals surface area contributed by atoms with Crippen LogP contribution >= 0.6 is 0 Å². The summed E-state index contributed by atoms with van der Waals surface area (Å²) in [5, 5.41) is 0. The van der Waals surface area contributed by atoms with Crippen LogP contribution in [0.5, 0.6) is 0 Å². The predicted molar refractivity (Wildman–Crippen MR) is 47.8 cm³/mol. The van der Waals surface area contributed by atoms with E-state index >= 15 is 0 Å². The van der Waals surface area contributed by atoms with E-state index in [0.717, 1.165) is 12.1 Å². The Morgan fingerprint density at radius 1 is 1.55 bits per heavy atom. The molecule has 0 spiro atoms. The van der Waals surface area contributed by atoms with Crippen LogP contribution in [-0.2, 0) is 0 Å². The van der Waals surface area contributed by atoms with E-state index < -0.39 is 0 Å². The molecule has 0 unspecified atom stereocenters. The van der Waals surface area contributed by atoms with Gasteiger partial charge in [0.05, 0.1) is 0 Å². The van der Waals surface area contributed by atoms with E-state index in [1.807, 2.05) is 30.2 Å². The van der Waals surface area contributed by atoms with Gasteiger partial charge < -0.3 is 4.90 Å². The minimum absolute atomic E-state index is 0.850. The number of hydrogen-bond acceptors (Lipinski definition) is 1. The van der Waals surface area contributed by atoms with E-state index in [2.05, 4.69) is 24.6 Å². The molecule has 1 aliphatic heterocycles. The molecular formula is C10H11N. The van der Waals surface area contributed by atoms with Crippen LogP contribution in [0.15, 0.2) is 36.5 Å². The van der Waals surface area contributed by atoms with Crippen molar-refractivity contribution in [2.45, 2.75) is 0 Å². The quantitative estimate of drug-likeness (QED) is 0.467. The van der Waals surface area contributed by atoms with Crippen molar-refractivity contribution >= 4 is 0 Å². The third-order valence-electron chi connectivity index (χ3n) is 1.33. The summed E-state index contributed by atoms with van der Waals surface area (Å²) >= 11 is 0. The maximum Gasteiger partial charge on any atom is 0.0441 e. The Bertz CT molecular complexity index is 260. The second-order valence-electron chi connectivity index (χ2n) is 2.43. The number of allylic oxidation sites excluding steroid dienone is 4. The Morgan fingerprint density at radius 3 is 3.18 bits per heavy atom. The molecule has 0 aliphatic carbocycles. The molecule has 0 saturated carbocycles. The fourth-order valence-corrected chi connectivity index (χ4v) is 0.724. The SMILES string of the molecule is C=C1C#CN(C)C/C=C\C=C/1.